The molecule has 0 radical (unpaired) electrons. The minimum Gasteiger partial charge on any atom is -0.480 e. The van der Waals surface area contributed by atoms with Gasteiger partial charge in [-0.2, -0.15) is 13.2 Å². The normalized spacial score (nSPS) is 13.3. The summed E-state index contributed by atoms with van der Waals surface area (Å²) in [4.78, 5) is 22.6. The first-order chi connectivity index (χ1) is 10.8. The van der Waals surface area contributed by atoms with Gasteiger partial charge in [-0.25, -0.2) is 4.79 Å². The molecule has 0 spiro atoms. The SMILES string of the molecule is CC(C)(C)OC(=O)Nc1cc(C(F)(F)F)ccc1CC(N)C(=O)O. The van der Waals surface area contributed by atoms with Crippen molar-refractivity contribution in [3.8, 4) is 0 Å². The summed E-state index contributed by atoms with van der Waals surface area (Å²) >= 11 is 0. The van der Waals surface area contributed by atoms with E-state index in [-0.39, 0.29) is 17.7 Å². The predicted molar refractivity (Wildman–Crippen MR) is 80.6 cm³/mol. The quantitative estimate of drug-likeness (QED) is 0.776. The highest BCUT2D eigenvalue weighted by Crippen LogP contribution is 2.32. The second-order valence-corrected chi connectivity index (χ2v) is 6.15. The van der Waals surface area contributed by atoms with Gasteiger partial charge >= 0.3 is 18.2 Å². The number of halogens is 3. The van der Waals surface area contributed by atoms with Gasteiger partial charge in [-0.05, 0) is 38.5 Å². The maximum atomic E-state index is 12.8. The first-order valence-corrected chi connectivity index (χ1v) is 6.98. The van der Waals surface area contributed by atoms with Crippen molar-refractivity contribution < 1.29 is 32.6 Å². The molecule has 1 aromatic carbocycles. The number of carboxylic acid groups (broad SMARTS) is 1. The van der Waals surface area contributed by atoms with E-state index in [0.717, 1.165) is 12.1 Å². The summed E-state index contributed by atoms with van der Waals surface area (Å²) in [5, 5.41) is 11.0. The Balaban J connectivity index is 3.15. The summed E-state index contributed by atoms with van der Waals surface area (Å²) in [6, 6.07) is 1.27. The molecule has 6 nitrogen and oxygen atoms in total. The molecule has 0 bridgehead atoms. The number of hydrogen-bond acceptors (Lipinski definition) is 4. The molecule has 0 heterocycles. The Hall–Kier alpha value is -2.29. The van der Waals surface area contributed by atoms with E-state index in [0.29, 0.717) is 6.07 Å². The van der Waals surface area contributed by atoms with Gasteiger partial charge in [-0.3, -0.25) is 10.1 Å². The van der Waals surface area contributed by atoms with Gasteiger partial charge in [0.25, 0.3) is 0 Å². The van der Waals surface area contributed by atoms with Crippen LogP contribution in [0.5, 0.6) is 0 Å². The standard InChI is InChI=1S/C15H19F3N2O4/c1-14(2,3)24-13(23)20-11-7-9(15(16,17)18)5-4-8(11)6-10(19)12(21)22/h4-5,7,10H,6,19H2,1-3H3,(H,20,23)(H,21,22). The molecule has 1 aromatic rings. The molecule has 9 heteroatoms. The van der Waals surface area contributed by atoms with E-state index < -0.39 is 35.4 Å². The summed E-state index contributed by atoms with van der Waals surface area (Å²) in [5.74, 6) is -1.31. The number of nitrogens with two attached hydrogens (primary N) is 1. The molecule has 0 aliphatic carbocycles. The highest BCUT2D eigenvalue weighted by atomic mass is 19.4. The van der Waals surface area contributed by atoms with E-state index in [4.69, 9.17) is 15.6 Å². The molecular weight excluding hydrogens is 329 g/mol. The molecule has 0 saturated carbocycles. The molecule has 4 N–H and O–H groups in total. The number of rotatable bonds is 4. The van der Waals surface area contributed by atoms with Gasteiger partial charge < -0.3 is 15.6 Å². The fourth-order valence-corrected chi connectivity index (χ4v) is 1.78. The average Bonchev–Trinajstić information content (AvgIpc) is 2.36. The summed E-state index contributed by atoms with van der Waals surface area (Å²) in [6.45, 7) is 4.79. The van der Waals surface area contributed by atoms with Crippen LogP contribution in [0, 0.1) is 0 Å². The van der Waals surface area contributed by atoms with E-state index in [1.54, 1.807) is 20.8 Å². The molecule has 1 amide bonds. The number of aliphatic carboxylic acids is 1. The van der Waals surface area contributed by atoms with Gasteiger partial charge in [0.15, 0.2) is 0 Å². The minimum absolute atomic E-state index is 0.156. The van der Waals surface area contributed by atoms with Crippen molar-refractivity contribution in [3.63, 3.8) is 0 Å². The molecule has 1 atom stereocenters. The van der Waals surface area contributed by atoms with Crippen LogP contribution in [0.1, 0.15) is 31.9 Å². The third-order valence-electron chi connectivity index (χ3n) is 2.83. The fraction of sp³-hybridized carbons (Fsp3) is 0.467. The Morgan fingerprint density at radius 2 is 1.88 bits per heavy atom. The molecule has 134 valence electrons. The van der Waals surface area contributed by atoms with Gasteiger partial charge in [0.1, 0.15) is 11.6 Å². The summed E-state index contributed by atoms with van der Waals surface area (Å²) in [7, 11) is 0. The molecule has 0 saturated heterocycles. The van der Waals surface area contributed by atoms with Crippen molar-refractivity contribution in [1.82, 2.24) is 0 Å². The number of hydrogen-bond donors (Lipinski definition) is 3. The Kier molecular flexibility index (Phi) is 5.83. The zero-order chi connectivity index (χ0) is 18.7. The molecule has 1 unspecified atom stereocenters. The lowest BCUT2D eigenvalue weighted by Gasteiger charge is -2.21. The van der Waals surface area contributed by atoms with Crippen molar-refractivity contribution in [3.05, 3.63) is 29.3 Å². The molecule has 0 fully saturated rings. The Bertz CT molecular complexity index is 624. The first-order valence-electron chi connectivity index (χ1n) is 6.98. The third-order valence-corrected chi connectivity index (χ3v) is 2.83. The van der Waals surface area contributed by atoms with Crippen LogP contribution in [0.2, 0.25) is 0 Å². The number of anilines is 1. The summed E-state index contributed by atoms with van der Waals surface area (Å²) < 4.78 is 43.5. The second-order valence-electron chi connectivity index (χ2n) is 6.15. The zero-order valence-corrected chi connectivity index (χ0v) is 13.4. The van der Waals surface area contributed by atoms with Crippen molar-refractivity contribution in [1.29, 1.82) is 0 Å². The molecule has 0 aromatic heterocycles. The minimum atomic E-state index is -4.61. The van der Waals surface area contributed by atoms with Crippen LogP contribution in [-0.2, 0) is 22.1 Å². The van der Waals surface area contributed by atoms with E-state index >= 15 is 0 Å². The number of nitrogens with one attached hydrogen (secondary N) is 1. The number of alkyl halides is 3. The number of carbonyl (C=O) groups is 2. The maximum absolute atomic E-state index is 12.8. The Morgan fingerprint density at radius 1 is 1.29 bits per heavy atom. The maximum Gasteiger partial charge on any atom is 0.416 e. The first kappa shape index (κ1) is 19.8. The predicted octanol–water partition coefficient (Wildman–Crippen LogP) is 3.01. The van der Waals surface area contributed by atoms with Crippen LogP contribution in [0.15, 0.2) is 18.2 Å². The lowest BCUT2D eigenvalue weighted by Crippen LogP contribution is -2.33. The van der Waals surface area contributed by atoms with Gasteiger partial charge in [-0.1, -0.05) is 6.07 Å². The van der Waals surface area contributed by atoms with Crippen LogP contribution in [0.4, 0.5) is 23.7 Å². The second kappa shape index (κ2) is 7.08. The largest absolute Gasteiger partial charge is 0.480 e. The monoisotopic (exact) mass is 348 g/mol. The lowest BCUT2D eigenvalue weighted by molar-refractivity contribution is -0.139. The van der Waals surface area contributed by atoms with Gasteiger partial charge in [0, 0.05) is 12.1 Å². The summed E-state index contributed by atoms with van der Waals surface area (Å²) in [6.07, 6.45) is -5.82. The number of ether oxygens (including phenoxy) is 1. The third kappa shape index (κ3) is 6.07. The lowest BCUT2D eigenvalue weighted by atomic mass is 10.0. The van der Waals surface area contributed by atoms with Crippen LogP contribution in [0.3, 0.4) is 0 Å². The number of carboxylic acids is 1. The molecule has 1 rings (SSSR count). The van der Waals surface area contributed by atoms with Gasteiger partial charge in [-0.15, -0.1) is 0 Å². The van der Waals surface area contributed by atoms with E-state index in [9.17, 15) is 22.8 Å². The number of benzene rings is 1. The number of carbonyl (C=O) groups excluding carboxylic acids is 1. The fourth-order valence-electron chi connectivity index (χ4n) is 1.78. The van der Waals surface area contributed by atoms with E-state index in [1.807, 2.05) is 0 Å². The highest BCUT2D eigenvalue weighted by molar-refractivity contribution is 5.86. The van der Waals surface area contributed by atoms with Crippen LogP contribution in [-0.4, -0.2) is 28.8 Å². The Morgan fingerprint density at radius 3 is 2.33 bits per heavy atom. The number of amides is 1. The van der Waals surface area contributed by atoms with Crippen molar-refractivity contribution >= 4 is 17.7 Å². The molecule has 0 aliphatic heterocycles. The van der Waals surface area contributed by atoms with Crippen LogP contribution in [0.25, 0.3) is 0 Å². The topological polar surface area (TPSA) is 102 Å². The average molecular weight is 348 g/mol. The van der Waals surface area contributed by atoms with Crippen molar-refractivity contribution in [2.45, 2.75) is 45.0 Å². The van der Waals surface area contributed by atoms with Crippen molar-refractivity contribution in [2.75, 3.05) is 5.32 Å². The highest BCUT2D eigenvalue weighted by Gasteiger charge is 2.31. The van der Waals surface area contributed by atoms with E-state index in [1.165, 1.54) is 0 Å². The Labute approximate surface area is 136 Å². The summed E-state index contributed by atoms with van der Waals surface area (Å²) in [5.41, 5.74) is 3.54. The van der Waals surface area contributed by atoms with E-state index in [2.05, 4.69) is 5.32 Å². The van der Waals surface area contributed by atoms with Crippen LogP contribution < -0.4 is 11.1 Å². The zero-order valence-electron chi connectivity index (χ0n) is 13.4. The molecular formula is C15H19F3N2O4. The van der Waals surface area contributed by atoms with Crippen molar-refractivity contribution in [2.24, 2.45) is 5.73 Å². The molecule has 0 aliphatic rings. The van der Waals surface area contributed by atoms with Crippen LogP contribution >= 0.6 is 0 Å². The smallest absolute Gasteiger partial charge is 0.416 e. The van der Waals surface area contributed by atoms with Gasteiger partial charge in [0.2, 0.25) is 0 Å². The molecule has 24 heavy (non-hydrogen) atoms. The van der Waals surface area contributed by atoms with Gasteiger partial charge in [0.05, 0.1) is 5.56 Å².